The smallest absolute Gasteiger partial charge is 0.290 e. The first-order chi connectivity index (χ1) is 25.5. The number of benzene rings is 4. The predicted octanol–water partition coefficient (Wildman–Crippen LogP) is 9.80. The molecule has 0 saturated carbocycles. The summed E-state index contributed by atoms with van der Waals surface area (Å²) in [7, 11) is 3.22. The number of hydrogen-bond acceptors (Lipinski definition) is 10. The van der Waals surface area contributed by atoms with Gasteiger partial charge in [-0.1, -0.05) is 95.9 Å². The lowest BCUT2D eigenvalue weighted by atomic mass is 10.0. The van der Waals surface area contributed by atoms with Crippen molar-refractivity contribution in [1.82, 2.24) is 20.0 Å². The third kappa shape index (κ3) is 8.56. The summed E-state index contributed by atoms with van der Waals surface area (Å²) in [6.45, 7) is 3.09. The molecule has 0 fully saturated rings. The molecule has 0 aliphatic heterocycles. The molecular formula is C41H38N4O4S3. The molecule has 0 aliphatic carbocycles. The van der Waals surface area contributed by atoms with E-state index in [4.69, 9.17) is 13.9 Å². The van der Waals surface area contributed by atoms with E-state index in [0.717, 1.165) is 49.4 Å². The Hall–Kier alpha value is -4.94. The van der Waals surface area contributed by atoms with Crippen LogP contribution in [0.2, 0.25) is 0 Å². The van der Waals surface area contributed by atoms with E-state index in [0.29, 0.717) is 42.5 Å². The molecule has 8 nitrogen and oxygen atoms in total. The molecule has 7 rings (SSSR count). The Labute approximate surface area is 315 Å². The zero-order chi connectivity index (χ0) is 35.9. The van der Waals surface area contributed by atoms with Crippen LogP contribution >= 0.6 is 34.4 Å². The van der Waals surface area contributed by atoms with Gasteiger partial charge in [0.15, 0.2) is 21.6 Å². The molecule has 3 heterocycles. The number of ether oxygens (including phenoxy) is 2. The molecular weight excluding hydrogens is 709 g/mol. The molecule has 4 aromatic carbocycles. The lowest BCUT2D eigenvalue weighted by Crippen LogP contribution is -2.29. The molecule has 0 aliphatic rings. The van der Waals surface area contributed by atoms with Gasteiger partial charge in [-0.3, -0.25) is 9.69 Å². The topological polar surface area (TPSA) is 80.9 Å². The van der Waals surface area contributed by atoms with Crippen LogP contribution in [0.1, 0.15) is 37.1 Å². The van der Waals surface area contributed by atoms with Gasteiger partial charge in [0.05, 0.1) is 27.3 Å². The number of carbonyl (C=O) groups is 1. The highest BCUT2D eigenvalue weighted by Crippen LogP contribution is 2.31. The minimum absolute atomic E-state index is 0.179. The zero-order valence-electron chi connectivity index (χ0n) is 29.2. The first-order valence-electron chi connectivity index (χ1n) is 16.8. The van der Waals surface area contributed by atoms with E-state index >= 15 is 0 Å². The van der Waals surface area contributed by atoms with Gasteiger partial charge in [0, 0.05) is 29.9 Å². The molecule has 0 saturated heterocycles. The zero-order valence-corrected chi connectivity index (χ0v) is 31.6. The van der Waals surface area contributed by atoms with Gasteiger partial charge in [0.2, 0.25) is 0 Å². The van der Waals surface area contributed by atoms with Crippen molar-refractivity contribution in [3.63, 3.8) is 0 Å². The molecule has 0 spiro atoms. The summed E-state index contributed by atoms with van der Waals surface area (Å²) in [6, 6.07) is 36.9. The number of furan rings is 1. The van der Waals surface area contributed by atoms with Crippen LogP contribution in [0.3, 0.4) is 0 Å². The molecule has 0 atom stereocenters. The summed E-state index contributed by atoms with van der Waals surface area (Å²) < 4.78 is 18.2. The second-order valence-corrected chi connectivity index (χ2v) is 15.4. The number of aromatic nitrogens is 2. The maximum absolute atomic E-state index is 14.1. The fourth-order valence-electron chi connectivity index (χ4n) is 6.15. The van der Waals surface area contributed by atoms with Gasteiger partial charge in [-0.15, -0.1) is 21.5 Å². The minimum Gasteiger partial charge on any atom is -0.493 e. The molecule has 0 bridgehead atoms. The number of methoxy groups -OCH3 is 2. The van der Waals surface area contributed by atoms with Crippen LogP contribution in [-0.4, -0.2) is 46.4 Å². The Morgan fingerprint density at radius 3 is 2.29 bits per heavy atom. The van der Waals surface area contributed by atoms with Crippen LogP contribution in [0, 0.1) is 0 Å². The average Bonchev–Trinajstić information content (AvgIpc) is 3.96. The van der Waals surface area contributed by atoms with E-state index in [1.807, 2.05) is 66.2 Å². The maximum Gasteiger partial charge on any atom is 0.290 e. The van der Waals surface area contributed by atoms with E-state index in [1.165, 1.54) is 11.1 Å². The Bertz CT molecular complexity index is 2250. The number of amides is 1. The summed E-state index contributed by atoms with van der Waals surface area (Å²) in [6.07, 6.45) is 2.03. The van der Waals surface area contributed by atoms with E-state index in [9.17, 15) is 4.79 Å². The molecule has 11 heteroatoms. The number of carbonyl (C=O) groups excluding carboxylic acids is 1. The molecule has 52 heavy (non-hydrogen) atoms. The molecule has 3 aromatic heterocycles. The summed E-state index contributed by atoms with van der Waals surface area (Å²) in [4.78, 5) is 19.4. The quantitative estimate of drug-likeness (QED) is 0.0960. The molecule has 0 unspecified atom stereocenters. The van der Waals surface area contributed by atoms with Crippen molar-refractivity contribution in [3.8, 4) is 22.6 Å². The highest BCUT2D eigenvalue weighted by Gasteiger charge is 2.22. The SMILES string of the molecule is COc1ccc(CN(Cc2cccs2)C(=O)c2cc3ccc(-c4cccc(CN(Cc5ccccc5)Cc5nnc(SC)s5)c4)cc3o2)cc1OC. The van der Waals surface area contributed by atoms with Crippen LogP contribution in [0.4, 0.5) is 0 Å². The maximum atomic E-state index is 14.1. The fourth-order valence-corrected chi connectivity index (χ4v) is 8.23. The monoisotopic (exact) mass is 746 g/mol. The number of fused-ring (bicyclic) bond motifs is 1. The number of thioether (sulfide) groups is 1. The second-order valence-electron chi connectivity index (χ2n) is 12.3. The van der Waals surface area contributed by atoms with E-state index in [-0.39, 0.29) is 5.91 Å². The number of rotatable bonds is 15. The summed E-state index contributed by atoms with van der Waals surface area (Å²) >= 11 is 4.89. The third-order valence-corrected chi connectivity index (χ3v) is 11.4. The lowest BCUT2D eigenvalue weighted by molar-refractivity contribution is 0.0701. The van der Waals surface area contributed by atoms with E-state index in [1.54, 1.807) is 53.6 Å². The van der Waals surface area contributed by atoms with Gasteiger partial charge in [0.25, 0.3) is 5.91 Å². The van der Waals surface area contributed by atoms with Crippen LogP contribution in [-0.2, 0) is 32.7 Å². The minimum atomic E-state index is -0.179. The predicted molar refractivity (Wildman–Crippen MR) is 210 cm³/mol. The normalized spacial score (nSPS) is 11.3. The summed E-state index contributed by atoms with van der Waals surface area (Å²) in [5, 5.41) is 12.7. The number of nitrogens with zero attached hydrogens (tertiary/aromatic N) is 4. The fraction of sp³-hybridized carbons (Fsp3) is 0.195. The van der Waals surface area contributed by atoms with E-state index < -0.39 is 0 Å². The highest BCUT2D eigenvalue weighted by atomic mass is 32.2. The first kappa shape index (κ1) is 35.5. The van der Waals surface area contributed by atoms with Crippen LogP contribution in [0.5, 0.6) is 11.5 Å². The number of thiophene rings is 1. The van der Waals surface area contributed by atoms with Gasteiger partial charge in [-0.2, -0.15) is 0 Å². The van der Waals surface area contributed by atoms with Gasteiger partial charge >= 0.3 is 0 Å². The van der Waals surface area contributed by atoms with Crippen molar-refractivity contribution in [3.05, 3.63) is 147 Å². The van der Waals surface area contributed by atoms with Crippen LogP contribution in [0.15, 0.2) is 123 Å². The van der Waals surface area contributed by atoms with Gasteiger partial charge in [0.1, 0.15) is 10.6 Å². The Morgan fingerprint density at radius 1 is 0.731 bits per heavy atom. The largest absolute Gasteiger partial charge is 0.493 e. The van der Waals surface area contributed by atoms with Gasteiger partial charge < -0.3 is 18.8 Å². The molecule has 264 valence electrons. The highest BCUT2D eigenvalue weighted by molar-refractivity contribution is 8.00. The van der Waals surface area contributed by atoms with Crippen molar-refractivity contribution in [2.24, 2.45) is 0 Å². The molecule has 1 amide bonds. The Morgan fingerprint density at radius 2 is 1.52 bits per heavy atom. The number of hydrogen-bond donors (Lipinski definition) is 0. The van der Waals surface area contributed by atoms with Crippen molar-refractivity contribution < 1.29 is 18.7 Å². The van der Waals surface area contributed by atoms with Gasteiger partial charge in [-0.25, -0.2) is 0 Å². The van der Waals surface area contributed by atoms with Crippen LogP contribution in [0.25, 0.3) is 22.1 Å². The summed E-state index contributed by atoms with van der Waals surface area (Å²) in [5.41, 5.74) is 6.14. The second kappa shape index (κ2) is 16.6. The van der Waals surface area contributed by atoms with Crippen molar-refractivity contribution in [2.75, 3.05) is 20.5 Å². The van der Waals surface area contributed by atoms with Gasteiger partial charge in [-0.05, 0) is 75.9 Å². The Balaban J connectivity index is 1.12. The average molecular weight is 747 g/mol. The summed E-state index contributed by atoms with van der Waals surface area (Å²) in [5.74, 6) is 1.38. The lowest BCUT2D eigenvalue weighted by Gasteiger charge is -2.22. The van der Waals surface area contributed by atoms with Crippen molar-refractivity contribution in [1.29, 1.82) is 0 Å². The standard InChI is InChI=1S/C41H38N4O4S3/c1-47-35-17-14-30(20-37(35)48-2)25-45(26-34-13-8-18-51-34)40(46)38-22-33-16-15-32(21-36(33)49-38)31-12-7-11-29(19-31)24-44(23-28-9-5-4-6-10-28)27-39-42-43-41(50-3)52-39/h4-22H,23-27H2,1-3H3. The first-order valence-corrected chi connectivity index (χ1v) is 19.7. The van der Waals surface area contributed by atoms with Crippen LogP contribution < -0.4 is 9.47 Å². The van der Waals surface area contributed by atoms with E-state index in [2.05, 4.69) is 69.7 Å². The van der Waals surface area contributed by atoms with Crippen molar-refractivity contribution in [2.45, 2.75) is 37.1 Å². The molecule has 0 radical (unpaired) electrons. The third-order valence-electron chi connectivity index (χ3n) is 8.66. The van der Waals surface area contributed by atoms with Crippen molar-refractivity contribution >= 4 is 51.3 Å². The Kier molecular flexibility index (Phi) is 11.3. The molecule has 7 aromatic rings. The molecule has 0 N–H and O–H groups in total.